The molecule has 0 aliphatic heterocycles. The molecule has 0 heterocycles. The van der Waals surface area contributed by atoms with E-state index in [0.29, 0.717) is 0 Å². The average Bonchev–Trinajstić information content (AvgIpc) is 2.17. The summed E-state index contributed by atoms with van der Waals surface area (Å²) in [5.74, 6) is 6.30. The van der Waals surface area contributed by atoms with Gasteiger partial charge >= 0.3 is 0 Å². The van der Waals surface area contributed by atoms with E-state index < -0.39 is 0 Å². The maximum atomic E-state index is 3.41. The fraction of sp³-hybridized carbons (Fsp3) is 0.429. The van der Waals surface area contributed by atoms with Crippen LogP contribution in [0.3, 0.4) is 0 Å². The van der Waals surface area contributed by atoms with Crippen LogP contribution in [0, 0.1) is 11.8 Å². The van der Waals surface area contributed by atoms with Gasteiger partial charge in [-0.1, -0.05) is 30.0 Å². The number of hydrogen-bond acceptors (Lipinski definition) is 1. The van der Waals surface area contributed by atoms with E-state index in [1.54, 1.807) is 0 Å². The second-order valence-corrected chi connectivity index (χ2v) is 4.59. The Morgan fingerprint density at radius 2 is 1.80 bits per heavy atom. The van der Waals surface area contributed by atoms with Crippen molar-refractivity contribution >= 4 is 0 Å². The van der Waals surface area contributed by atoms with Gasteiger partial charge in [0, 0.05) is 24.1 Å². The Labute approximate surface area is 92.9 Å². The van der Waals surface area contributed by atoms with E-state index in [1.807, 2.05) is 30.3 Å². The first-order valence-electron chi connectivity index (χ1n) is 5.37. The minimum atomic E-state index is 0.189. The molecule has 1 heteroatoms. The Balaban J connectivity index is 2.30. The average molecular weight is 201 g/mol. The first kappa shape index (κ1) is 11.8. The van der Waals surface area contributed by atoms with Gasteiger partial charge in [-0.3, -0.25) is 0 Å². The Morgan fingerprint density at radius 1 is 1.13 bits per heavy atom. The summed E-state index contributed by atoms with van der Waals surface area (Å²) in [5.41, 5.74) is 1.28. The number of nitrogens with one attached hydrogen (secondary N) is 1. The van der Waals surface area contributed by atoms with Crippen molar-refractivity contribution in [3.05, 3.63) is 35.9 Å². The highest BCUT2D eigenvalue weighted by Crippen LogP contribution is 1.98. The van der Waals surface area contributed by atoms with Crippen LogP contribution in [0.4, 0.5) is 0 Å². The Kier molecular flexibility index (Phi) is 4.39. The topological polar surface area (TPSA) is 12.0 Å². The molecule has 0 bridgehead atoms. The van der Waals surface area contributed by atoms with Crippen molar-refractivity contribution < 1.29 is 0 Å². The zero-order valence-corrected chi connectivity index (χ0v) is 9.80. The Morgan fingerprint density at radius 3 is 2.40 bits per heavy atom. The molecule has 0 saturated carbocycles. The molecule has 0 aliphatic rings. The Bertz CT molecular complexity index is 335. The maximum absolute atomic E-state index is 3.41. The molecular formula is C14H19N. The van der Waals surface area contributed by atoms with Crippen LogP contribution in [0.5, 0.6) is 0 Å². The highest BCUT2D eigenvalue weighted by atomic mass is 14.9. The van der Waals surface area contributed by atoms with E-state index in [9.17, 15) is 0 Å². The monoisotopic (exact) mass is 201 g/mol. The fourth-order valence-electron chi connectivity index (χ4n) is 1.19. The van der Waals surface area contributed by atoms with Crippen molar-refractivity contribution in [1.29, 1.82) is 0 Å². The van der Waals surface area contributed by atoms with Crippen molar-refractivity contribution in [1.82, 2.24) is 5.32 Å². The molecule has 0 spiro atoms. The highest BCUT2D eigenvalue weighted by Gasteiger charge is 2.06. The van der Waals surface area contributed by atoms with Crippen LogP contribution in [0.15, 0.2) is 30.3 Å². The summed E-state index contributed by atoms with van der Waals surface area (Å²) in [6.45, 7) is 7.44. The van der Waals surface area contributed by atoms with Crippen LogP contribution < -0.4 is 5.32 Å². The van der Waals surface area contributed by atoms with Gasteiger partial charge in [-0.2, -0.15) is 0 Å². The van der Waals surface area contributed by atoms with Crippen LogP contribution >= 0.6 is 0 Å². The molecule has 1 N–H and O–H groups in total. The van der Waals surface area contributed by atoms with Gasteiger partial charge in [0.2, 0.25) is 0 Å². The minimum absolute atomic E-state index is 0.189. The fourth-order valence-corrected chi connectivity index (χ4v) is 1.19. The third-order valence-corrected chi connectivity index (χ3v) is 1.91. The van der Waals surface area contributed by atoms with Crippen molar-refractivity contribution in [2.75, 3.05) is 6.54 Å². The molecule has 0 radical (unpaired) electrons. The van der Waals surface area contributed by atoms with Gasteiger partial charge in [0.15, 0.2) is 0 Å². The molecule has 1 aromatic carbocycles. The predicted octanol–water partition coefficient (Wildman–Crippen LogP) is 2.82. The molecule has 80 valence electrons. The van der Waals surface area contributed by atoms with Gasteiger partial charge in [0.25, 0.3) is 0 Å². The summed E-state index contributed by atoms with van der Waals surface area (Å²) in [7, 11) is 0. The summed E-state index contributed by atoms with van der Waals surface area (Å²) in [6, 6.07) is 10.1. The molecule has 0 unspecified atom stereocenters. The highest BCUT2D eigenvalue weighted by molar-refractivity contribution is 5.33. The summed E-state index contributed by atoms with van der Waals surface area (Å²) < 4.78 is 0. The zero-order valence-electron chi connectivity index (χ0n) is 9.80. The molecule has 0 fully saturated rings. The number of hydrogen-bond donors (Lipinski definition) is 1. The van der Waals surface area contributed by atoms with E-state index in [2.05, 4.69) is 37.9 Å². The first-order chi connectivity index (χ1) is 7.08. The third-order valence-electron chi connectivity index (χ3n) is 1.91. The van der Waals surface area contributed by atoms with Gasteiger partial charge in [0.1, 0.15) is 0 Å². The second kappa shape index (κ2) is 5.58. The number of rotatable bonds is 2. The van der Waals surface area contributed by atoms with E-state index in [-0.39, 0.29) is 5.54 Å². The summed E-state index contributed by atoms with van der Waals surface area (Å²) in [4.78, 5) is 0. The molecular weight excluding hydrogens is 182 g/mol. The largest absolute Gasteiger partial charge is 0.311 e. The summed E-state index contributed by atoms with van der Waals surface area (Å²) >= 11 is 0. The van der Waals surface area contributed by atoms with E-state index in [4.69, 9.17) is 0 Å². The summed E-state index contributed by atoms with van der Waals surface area (Å²) in [6.07, 6.45) is 0.895. The van der Waals surface area contributed by atoms with Gasteiger partial charge in [-0.15, -0.1) is 0 Å². The maximum Gasteiger partial charge on any atom is 0.0245 e. The molecule has 1 rings (SSSR count). The standard InChI is InChI=1S/C14H19N/c1-14(2,3)15-12-8-7-11-13-9-5-4-6-10-13/h4-6,9-10,15H,8,12H2,1-3H3. The van der Waals surface area contributed by atoms with Crippen LogP contribution in [-0.2, 0) is 0 Å². The lowest BCUT2D eigenvalue weighted by molar-refractivity contribution is 0.432. The third kappa shape index (κ3) is 5.93. The first-order valence-corrected chi connectivity index (χ1v) is 5.37. The van der Waals surface area contributed by atoms with E-state index in [1.165, 1.54) is 0 Å². The molecule has 0 atom stereocenters. The second-order valence-electron chi connectivity index (χ2n) is 4.59. The minimum Gasteiger partial charge on any atom is -0.311 e. The lowest BCUT2D eigenvalue weighted by atomic mass is 10.1. The van der Waals surface area contributed by atoms with Crippen LogP contribution in [0.2, 0.25) is 0 Å². The normalized spacial score (nSPS) is 10.6. The predicted molar refractivity (Wildman–Crippen MR) is 65.7 cm³/mol. The lowest BCUT2D eigenvalue weighted by Crippen LogP contribution is -2.36. The van der Waals surface area contributed by atoms with Gasteiger partial charge in [-0.05, 0) is 32.9 Å². The lowest BCUT2D eigenvalue weighted by Gasteiger charge is -2.19. The SMILES string of the molecule is CC(C)(C)NCCC#Cc1ccccc1. The van der Waals surface area contributed by atoms with Gasteiger partial charge in [-0.25, -0.2) is 0 Å². The summed E-state index contributed by atoms with van der Waals surface area (Å²) in [5, 5.41) is 3.41. The molecule has 0 aliphatic carbocycles. The van der Waals surface area contributed by atoms with Gasteiger partial charge in [0.05, 0.1) is 0 Å². The van der Waals surface area contributed by atoms with Crippen LogP contribution in [-0.4, -0.2) is 12.1 Å². The van der Waals surface area contributed by atoms with E-state index >= 15 is 0 Å². The molecule has 0 saturated heterocycles. The molecule has 0 aromatic heterocycles. The van der Waals surface area contributed by atoms with Crippen LogP contribution in [0.25, 0.3) is 0 Å². The number of benzene rings is 1. The zero-order chi connectivity index (χ0) is 11.1. The van der Waals surface area contributed by atoms with E-state index in [0.717, 1.165) is 18.5 Å². The Hall–Kier alpha value is -1.26. The molecule has 15 heavy (non-hydrogen) atoms. The van der Waals surface area contributed by atoms with Gasteiger partial charge < -0.3 is 5.32 Å². The van der Waals surface area contributed by atoms with Crippen molar-refractivity contribution in [3.8, 4) is 11.8 Å². The molecule has 0 amide bonds. The quantitative estimate of drug-likeness (QED) is 0.573. The molecule has 1 nitrogen and oxygen atoms in total. The van der Waals surface area contributed by atoms with Crippen molar-refractivity contribution in [2.45, 2.75) is 32.7 Å². The van der Waals surface area contributed by atoms with Crippen molar-refractivity contribution in [3.63, 3.8) is 0 Å². The van der Waals surface area contributed by atoms with Crippen molar-refractivity contribution in [2.24, 2.45) is 0 Å². The smallest absolute Gasteiger partial charge is 0.0245 e. The van der Waals surface area contributed by atoms with Crippen LogP contribution in [0.1, 0.15) is 32.8 Å². The molecule has 1 aromatic rings.